The van der Waals surface area contributed by atoms with E-state index in [1.807, 2.05) is 12.1 Å². The Bertz CT molecular complexity index is 1090. The van der Waals surface area contributed by atoms with Gasteiger partial charge in [-0.25, -0.2) is 0 Å². The second-order valence-corrected chi connectivity index (χ2v) is 7.78. The Hall–Kier alpha value is -2.40. The van der Waals surface area contributed by atoms with E-state index in [9.17, 15) is 9.59 Å². The highest BCUT2D eigenvalue weighted by atomic mass is 35.5. The molecule has 126 valence electrons. The third-order valence-electron chi connectivity index (χ3n) is 3.23. The van der Waals surface area contributed by atoms with Gasteiger partial charge in [-0.05, 0) is 30.3 Å². The molecule has 1 N–H and O–H groups in total. The summed E-state index contributed by atoms with van der Waals surface area (Å²) in [7, 11) is 0. The van der Waals surface area contributed by atoms with Crippen molar-refractivity contribution in [1.82, 2.24) is 4.57 Å². The third-order valence-corrected chi connectivity index (χ3v) is 5.49. The zero-order valence-corrected chi connectivity index (χ0v) is 15.5. The summed E-state index contributed by atoms with van der Waals surface area (Å²) >= 11 is 8.39. The first-order chi connectivity index (χ1) is 12.0. The van der Waals surface area contributed by atoms with Gasteiger partial charge in [0.2, 0.25) is 5.91 Å². The topological polar surface area (TPSA) is 63.5 Å². The van der Waals surface area contributed by atoms with Gasteiger partial charge in [0.05, 0.1) is 26.0 Å². The summed E-state index contributed by atoms with van der Waals surface area (Å²) in [5.41, 5.74) is 1.53. The molecule has 0 aliphatic carbocycles. The zero-order valence-electron chi connectivity index (χ0n) is 13.1. The Morgan fingerprint density at radius 2 is 2.12 bits per heavy atom. The summed E-state index contributed by atoms with van der Waals surface area (Å²) in [4.78, 5) is 28.7. The van der Waals surface area contributed by atoms with Gasteiger partial charge >= 0.3 is 0 Å². The van der Waals surface area contributed by atoms with Gasteiger partial charge in [-0.15, -0.1) is 17.8 Å². The maximum atomic E-state index is 12.3. The highest BCUT2D eigenvalue weighted by molar-refractivity contribution is 7.18. The third kappa shape index (κ3) is 3.82. The van der Waals surface area contributed by atoms with Crippen LogP contribution in [-0.4, -0.2) is 16.4 Å². The van der Waals surface area contributed by atoms with E-state index in [0.29, 0.717) is 19.7 Å². The number of nitrogens with one attached hydrogen (secondary N) is 1. The van der Waals surface area contributed by atoms with Crippen LogP contribution in [0.5, 0.6) is 0 Å². The number of anilines is 1. The van der Waals surface area contributed by atoms with E-state index in [4.69, 9.17) is 18.0 Å². The lowest BCUT2D eigenvalue weighted by atomic mass is 10.3. The fraction of sp³-hybridized carbons (Fsp3) is 0.118. The molecule has 2 heterocycles. The van der Waals surface area contributed by atoms with Crippen LogP contribution in [0.15, 0.2) is 35.3 Å². The molecule has 0 saturated carbocycles. The molecule has 3 rings (SSSR count). The first-order valence-corrected chi connectivity index (χ1v) is 9.18. The molecule has 0 radical (unpaired) electrons. The Labute approximate surface area is 156 Å². The van der Waals surface area contributed by atoms with E-state index < -0.39 is 0 Å². The molecular formula is C17H12ClN3O2S2. The smallest absolute Gasteiger partial charge is 0.289 e. The normalized spacial score (nSPS) is 11.5. The van der Waals surface area contributed by atoms with Gasteiger partial charge in [0.25, 0.3) is 5.91 Å². The summed E-state index contributed by atoms with van der Waals surface area (Å²) in [6.07, 6.45) is 5.46. The number of aromatic nitrogens is 1. The van der Waals surface area contributed by atoms with E-state index in [1.165, 1.54) is 29.6 Å². The van der Waals surface area contributed by atoms with Crippen molar-refractivity contribution in [1.29, 1.82) is 0 Å². The molecule has 0 bridgehead atoms. The van der Waals surface area contributed by atoms with Gasteiger partial charge in [-0.1, -0.05) is 28.9 Å². The molecule has 0 aliphatic rings. The van der Waals surface area contributed by atoms with Crippen LogP contribution < -0.4 is 10.1 Å². The van der Waals surface area contributed by atoms with Crippen molar-refractivity contribution in [3.8, 4) is 12.3 Å². The minimum Gasteiger partial charge on any atom is -0.326 e. The molecule has 8 heteroatoms. The minimum absolute atomic E-state index is 0.151. The molecular weight excluding hydrogens is 378 g/mol. The van der Waals surface area contributed by atoms with Crippen LogP contribution in [0.3, 0.4) is 0 Å². The fourth-order valence-electron chi connectivity index (χ4n) is 2.25. The number of thiophene rings is 1. The molecule has 3 aromatic rings. The quantitative estimate of drug-likeness (QED) is 0.693. The number of fused-ring (bicyclic) bond motifs is 1. The van der Waals surface area contributed by atoms with Crippen LogP contribution in [0, 0.1) is 12.3 Å². The number of amides is 2. The van der Waals surface area contributed by atoms with Gasteiger partial charge in [-0.3, -0.25) is 9.59 Å². The standard InChI is InChI=1S/C17H12ClN3O2S2/c1-3-8-21-12-5-4-11(19-10(2)22)9-14(12)25-17(21)20-16(23)13-6-7-15(18)24-13/h1,4-7,9H,8H2,2H3,(H,19,22). The number of carbonyl (C=O) groups excluding carboxylic acids is 2. The first kappa shape index (κ1) is 17.4. The SMILES string of the molecule is C#CCn1c(=NC(=O)c2ccc(Cl)s2)sc2cc(NC(C)=O)ccc21. The number of nitrogens with zero attached hydrogens (tertiary/aromatic N) is 2. The first-order valence-electron chi connectivity index (χ1n) is 7.17. The van der Waals surface area contributed by atoms with E-state index in [-0.39, 0.29) is 18.4 Å². The number of hydrogen-bond acceptors (Lipinski definition) is 4. The Balaban J connectivity index is 2.11. The second kappa shape index (κ2) is 7.23. The highest BCUT2D eigenvalue weighted by Crippen LogP contribution is 2.24. The van der Waals surface area contributed by atoms with Crippen LogP contribution in [-0.2, 0) is 11.3 Å². The highest BCUT2D eigenvalue weighted by Gasteiger charge is 2.11. The molecule has 25 heavy (non-hydrogen) atoms. The summed E-state index contributed by atoms with van der Waals surface area (Å²) in [5, 5.41) is 2.73. The van der Waals surface area contributed by atoms with Crippen molar-refractivity contribution in [2.45, 2.75) is 13.5 Å². The van der Waals surface area contributed by atoms with Crippen LogP contribution in [0.2, 0.25) is 4.34 Å². The summed E-state index contributed by atoms with van der Waals surface area (Å²) < 4.78 is 3.20. The van der Waals surface area contributed by atoms with Crippen LogP contribution in [0.4, 0.5) is 5.69 Å². The average molecular weight is 390 g/mol. The lowest BCUT2D eigenvalue weighted by Gasteiger charge is -2.03. The van der Waals surface area contributed by atoms with Crippen molar-refractivity contribution < 1.29 is 9.59 Å². The molecule has 5 nitrogen and oxygen atoms in total. The van der Waals surface area contributed by atoms with Gasteiger partial charge in [-0.2, -0.15) is 4.99 Å². The molecule has 0 spiro atoms. The van der Waals surface area contributed by atoms with Crippen molar-refractivity contribution in [3.05, 3.63) is 44.3 Å². The van der Waals surface area contributed by atoms with E-state index in [0.717, 1.165) is 10.2 Å². The fourth-order valence-corrected chi connectivity index (χ4v) is 4.25. The predicted molar refractivity (Wildman–Crippen MR) is 102 cm³/mol. The number of rotatable bonds is 3. The van der Waals surface area contributed by atoms with Crippen LogP contribution >= 0.6 is 34.3 Å². The van der Waals surface area contributed by atoms with Crippen LogP contribution in [0.1, 0.15) is 16.6 Å². The van der Waals surface area contributed by atoms with Crippen LogP contribution in [0.25, 0.3) is 10.2 Å². The number of thiazole rings is 1. The van der Waals surface area contributed by atoms with Gasteiger partial charge < -0.3 is 9.88 Å². The molecule has 2 aromatic heterocycles. The maximum Gasteiger partial charge on any atom is 0.289 e. The van der Waals surface area contributed by atoms with Crippen molar-refractivity contribution in [2.24, 2.45) is 4.99 Å². The molecule has 0 fully saturated rings. The molecule has 1 aromatic carbocycles. The van der Waals surface area contributed by atoms with E-state index in [2.05, 4.69) is 16.2 Å². The second-order valence-electron chi connectivity index (χ2n) is 5.06. The summed E-state index contributed by atoms with van der Waals surface area (Å²) in [6.45, 7) is 1.74. The molecule has 0 unspecified atom stereocenters. The Kier molecular flexibility index (Phi) is 5.04. The van der Waals surface area contributed by atoms with E-state index >= 15 is 0 Å². The van der Waals surface area contributed by atoms with Gasteiger partial charge in [0.1, 0.15) is 0 Å². The predicted octanol–water partition coefficient (Wildman–Crippen LogP) is 3.75. The lowest BCUT2D eigenvalue weighted by Crippen LogP contribution is -2.16. The number of hydrogen-bond donors (Lipinski definition) is 1. The summed E-state index contributed by atoms with van der Waals surface area (Å²) in [5.74, 6) is 2.06. The van der Waals surface area contributed by atoms with Gasteiger partial charge in [0, 0.05) is 12.6 Å². The molecule has 0 atom stereocenters. The van der Waals surface area contributed by atoms with E-state index in [1.54, 1.807) is 22.8 Å². The largest absolute Gasteiger partial charge is 0.326 e. The monoisotopic (exact) mass is 389 g/mol. The molecule has 2 amide bonds. The van der Waals surface area contributed by atoms with Crippen molar-refractivity contribution >= 4 is 62.0 Å². The van der Waals surface area contributed by atoms with Gasteiger partial charge in [0.15, 0.2) is 4.80 Å². The maximum absolute atomic E-state index is 12.3. The zero-order chi connectivity index (χ0) is 18.0. The molecule has 0 aliphatic heterocycles. The number of halogens is 1. The Morgan fingerprint density at radius 1 is 1.32 bits per heavy atom. The molecule has 0 saturated heterocycles. The number of benzene rings is 1. The van der Waals surface area contributed by atoms with Crippen molar-refractivity contribution in [3.63, 3.8) is 0 Å². The van der Waals surface area contributed by atoms with Crippen molar-refractivity contribution in [2.75, 3.05) is 5.32 Å². The average Bonchev–Trinajstić information content (AvgIpc) is 3.11. The number of terminal acetylenes is 1. The Morgan fingerprint density at radius 3 is 2.76 bits per heavy atom. The minimum atomic E-state index is -0.365. The number of carbonyl (C=O) groups is 2. The summed E-state index contributed by atoms with van der Waals surface area (Å²) in [6, 6.07) is 8.77. The lowest BCUT2D eigenvalue weighted by molar-refractivity contribution is -0.114.